The van der Waals surface area contributed by atoms with Crippen molar-refractivity contribution in [3.63, 3.8) is 0 Å². The maximum absolute atomic E-state index is 12.8. The molecule has 0 aliphatic rings. The van der Waals surface area contributed by atoms with Gasteiger partial charge in [0, 0.05) is 49.0 Å². The van der Waals surface area contributed by atoms with Crippen LogP contribution in [0, 0.1) is 0 Å². The van der Waals surface area contributed by atoms with E-state index < -0.39 is 0 Å². The highest BCUT2D eigenvalue weighted by molar-refractivity contribution is 6.17. The van der Waals surface area contributed by atoms with Crippen LogP contribution in [0.15, 0.2) is 137 Å². The van der Waals surface area contributed by atoms with Gasteiger partial charge in [0.25, 0.3) is 0 Å². The Kier molecular flexibility index (Phi) is 4.44. The number of rotatable bonds is 2. The highest BCUT2D eigenvalue weighted by Gasteiger charge is 2.15. The standard InChI is InChI=1S/C37H22N2O2/c40-37-31-21-33-29(20-27(31)26-11-5-7-13-36(26)41-37)28-18-22(14-16-32(28)38-33)23-15-17-35-30(19-23)25-10-4-6-12-34(25)39(35)24-8-2-1-3-9-24/h1-21,38H. The van der Waals surface area contributed by atoms with Crippen LogP contribution in [0.3, 0.4) is 0 Å². The lowest BCUT2D eigenvalue weighted by Crippen LogP contribution is -1.99. The Labute approximate surface area is 233 Å². The summed E-state index contributed by atoms with van der Waals surface area (Å²) in [4.78, 5) is 16.3. The minimum Gasteiger partial charge on any atom is -0.422 e. The maximum Gasteiger partial charge on any atom is 0.344 e. The first-order chi connectivity index (χ1) is 20.2. The molecule has 0 spiro atoms. The Bertz CT molecular complexity index is 2550. The van der Waals surface area contributed by atoms with E-state index in [0.29, 0.717) is 11.0 Å². The lowest BCUT2D eigenvalue weighted by Gasteiger charge is -2.08. The Morgan fingerprint density at radius 2 is 1.17 bits per heavy atom. The van der Waals surface area contributed by atoms with E-state index >= 15 is 0 Å². The zero-order chi connectivity index (χ0) is 27.1. The predicted octanol–water partition coefficient (Wildman–Crippen LogP) is 9.34. The van der Waals surface area contributed by atoms with E-state index in [0.717, 1.165) is 49.4 Å². The van der Waals surface area contributed by atoms with Gasteiger partial charge in [-0.25, -0.2) is 4.79 Å². The van der Waals surface area contributed by atoms with E-state index in [4.69, 9.17) is 4.42 Å². The number of fused-ring (bicyclic) bond motifs is 9. The second kappa shape index (κ2) is 8.20. The molecule has 0 atom stereocenters. The van der Waals surface area contributed by atoms with E-state index in [1.807, 2.05) is 30.3 Å². The number of para-hydroxylation sites is 3. The molecule has 0 aliphatic heterocycles. The van der Waals surface area contributed by atoms with Gasteiger partial charge in [-0.3, -0.25) is 0 Å². The molecular weight excluding hydrogens is 504 g/mol. The topological polar surface area (TPSA) is 50.9 Å². The molecule has 0 saturated heterocycles. The third-order valence-corrected chi connectivity index (χ3v) is 8.36. The summed E-state index contributed by atoms with van der Waals surface area (Å²) in [6.07, 6.45) is 0. The van der Waals surface area contributed by atoms with Gasteiger partial charge in [-0.15, -0.1) is 0 Å². The molecule has 0 amide bonds. The van der Waals surface area contributed by atoms with Crippen LogP contribution in [-0.4, -0.2) is 9.55 Å². The van der Waals surface area contributed by atoms with Crippen LogP contribution in [0.1, 0.15) is 0 Å². The number of benzene rings is 6. The summed E-state index contributed by atoms with van der Waals surface area (Å²) in [7, 11) is 0. The highest BCUT2D eigenvalue weighted by atomic mass is 16.4. The van der Waals surface area contributed by atoms with Crippen molar-refractivity contribution in [3.05, 3.63) is 138 Å². The molecule has 41 heavy (non-hydrogen) atoms. The minimum atomic E-state index is -0.317. The van der Waals surface area contributed by atoms with Crippen LogP contribution in [0.25, 0.3) is 82.2 Å². The molecule has 0 aliphatic carbocycles. The van der Waals surface area contributed by atoms with Crippen LogP contribution >= 0.6 is 0 Å². The second-order valence-electron chi connectivity index (χ2n) is 10.6. The first-order valence-corrected chi connectivity index (χ1v) is 13.7. The SMILES string of the molecule is O=c1oc2ccccc2c2cc3c(cc12)[nH]c1ccc(-c2ccc4c(c2)c2ccccc2n4-c2ccccc2)cc13. The Morgan fingerprint density at radius 1 is 0.488 bits per heavy atom. The summed E-state index contributed by atoms with van der Waals surface area (Å²) in [5, 5.41) is 7.11. The van der Waals surface area contributed by atoms with Crippen LogP contribution in [0.5, 0.6) is 0 Å². The van der Waals surface area contributed by atoms with Crippen molar-refractivity contribution in [1.29, 1.82) is 0 Å². The van der Waals surface area contributed by atoms with E-state index in [-0.39, 0.29) is 5.63 Å². The van der Waals surface area contributed by atoms with Crippen LogP contribution in [0.4, 0.5) is 0 Å². The number of hydrogen-bond donors (Lipinski definition) is 1. The average molecular weight is 527 g/mol. The largest absolute Gasteiger partial charge is 0.422 e. The number of nitrogens with one attached hydrogen (secondary N) is 1. The monoisotopic (exact) mass is 526 g/mol. The van der Waals surface area contributed by atoms with E-state index in [1.165, 1.54) is 21.8 Å². The van der Waals surface area contributed by atoms with Crippen molar-refractivity contribution < 1.29 is 4.42 Å². The van der Waals surface area contributed by atoms with Gasteiger partial charge in [0.15, 0.2) is 0 Å². The molecule has 0 fully saturated rings. The lowest BCUT2D eigenvalue weighted by molar-refractivity contribution is 0.570. The summed E-state index contributed by atoms with van der Waals surface area (Å²) in [5.41, 5.74) is 8.10. The molecule has 6 aromatic carbocycles. The number of H-pyrrole nitrogens is 1. The maximum atomic E-state index is 12.8. The fraction of sp³-hybridized carbons (Fsp3) is 0. The minimum absolute atomic E-state index is 0.317. The average Bonchev–Trinajstić information content (AvgIpc) is 3.55. The van der Waals surface area contributed by atoms with E-state index in [2.05, 4.69) is 107 Å². The van der Waals surface area contributed by atoms with Gasteiger partial charge in [0.1, 0.15) is 5.58 Å². The summed E-state index contributed by atoms with van der Waals surface area (Å²) in [6.45, 7) is 0. The Balaban J connectivity index is 1.28. The van der Waals surface area contributed by atoms with Crippen molar-refractivity contribution in [2.24, 2.45) is 0 Å². The summed E-state index contributed by atoms with van der Waals surface area (Å²) < 4.78 is 7.94. The van der Waals surface area contributed by atoms with Gasteiger partial charge >= 0.3 is 5.63 Å². The van der Waals surface area contributed by atoms with Gasteiger partial charge in [0.05, 0.1) is 16.4 Å². The smallest absolute Gasteiger partial charge is 0.344 e. The summed E-state index contributed by atoms with van der Waals surface area (Å²) in [5.74, 6) is 0. The molecule has 4 heteroatoms. The van der Waals surface area contributed by atoms with Gasteiger partial charge in [-0.05, 0) is 71.8 Å². The third-order valence-electron chi connectivity index (χ3n) is 8.36. The fourth-order valence-electron chi connectivity index (χ4n) is 6.46. The fourth-order valence-corrected chi connectivity index (χ4v) is 6.46. The van der Waals surface area contributed by atoms with Crippen molar-refractivity contribution in [1.82, 2.24) is 9.55 Å². The van der Waals surface area contributed by atoms with Crippen LogP contribution in [0.2, 0.25) is 0 Å². The Morgan fingerprint density at radius 3 is 2.05 bits per heavy atom. The molecule has 9 aromatic rings. The van der Waals surface area contributed by atoms with Crippen molar-refractivity contribution in [3.8, 4) is 16.8 Å². The molecule has 9 rings (SSSR count). The number of hydrogen-bond acceptors (Lipinski definition) is 2. The van der Waals surface area contributed by atoms with Gasteiger partial charge in [0.2, 0.25) is 0 Å². The van der Waals surface area contributed by atoms with Crippen molar-refractivity contribution in [2.75, 3.05) is 0 Å². The normalized spacial score (nSPS) is 12.0. The number of aromatic amines is 1. The molecule has 0 radical (unpaired) electrons. The lowest BCUT2D eigenvalue weighted by atomic mass is 9.99. The second-order valence-corrected chi connectivity index (χ2v) is 10.6. The van der Waals surface area contributed by atoms with E-state index in [9.17, 15) is 4.79 Å². The molecule has 192 valence electrons. The van der Waals surface area contributed by atoms with Gasteiger partial charge in [-0.1, -0.05) is 66.7 Å². The molecule has 3 aromatic heterocycles. The highest BCUT2D eigenvalue weighted by Crippen LogP contribution is 2.37. The summed E-state index contributed by atoms with van der Waals surface area (Å²) in [6, 6.07) is 44.2. The van der Waals surface area contributed by atoms with Crippen LogP contribution in [-0.2, 0) is 0 Å². The zero-order valence-corrected chi connectivity index (χ0v) is 21.9. The number of nitrogens with zero attached hydrogens (tertiary/aromatic N) is 1. The summed E-state index contributed by atoms with van der Waals surface area (Å²) >= 11 is 0. The third kappa shape index (κ3) is 3.19. The van der Waals surface area contributed by atoms with Gasteiger partial charge < -0.3 is 14.0 Å². The predicted molar refractivity (Wildman–Crippen MR) is 169 cm³/mol. The molecule has 0 saturated carbocycles. The quantitative estimate of drug-likeness (QED) is 0.180. The van der Waals surface area contributed by atoms with Crippen LogP contribution < -0.4 is 5.63 Å². The van der Waals surface area contributed by atoms with Crippen molar-refractivity contribution >= 4 is 65.4 Å². The molecule has 1 N–H and O–H groups in total. The molecule has 4 nitrogen and oxygen atoms in total. The van der Waals surface area contributed by atoms with Crippen molar-refractivity contribution in [2.45, 2.75) is 0 Å². The first kappa shape index (κ1) is 22.2. The molecule has 0 bridgehead atoms. The first-order valence-electron chi connectivity index (χ1n) is 13.7. The zero-order valence-electron chi connectivity index (χ0n) is 21.9. The molecule has 0 unspecified atom stereocenters. The molecular formula is C37H22N2O2. The van der Waals surface area contributed by atoms with Gasteiger partial charge in [-0.2, -0.15) is 0 Å². The number of aromatic nitrogens is 2. The molecule has 3 heterocycles. The Hall–Kier alpha value is -5.61. The van der Waals surface area contributed by atoms with E-state index in [1.54, 1.807) is 0 Å².